The number of aromatic nitrogens is 1. The Bertz CT molecular complexity index is 981. The fourth-order valence-corrected chi connectivity index (χ4v) is 4.62. The minimum atomic E-state index is -0.504. The third kappa shape index (κ3) is 2.84. The quantitative estimate of drug-likeness (QED) is 0.378. The van der Waals surface area contributed by atoms with Gasteiger partial charge >= 0.3 is 0 Å². The molecule has 1 aliphatic heterocycles. The van der Waals surface area contributed by atoms with Gasteiger partial charge in [-0.2, -0.15) is 0 Å². The summed E-state index contributed by atoms with van der Waals surface area (Å²) in [6.07, 6.45) is 2.00. The predicted octanol–water partition coefficient (Wildman–Crippen LogP) is 4.75. The Morgan fingerprint density at radius 1 is 1.31 bits per heavy atom. The van der Waals surface area contributed by atoms with Gasteiger partial charge in [-0.15, -0.1) is 11.3 Å². The molecule has 0 spiro atoms. The van der Waals surface area contributed by atoms with E-state index in [0.717, 1.165) is 40.3 Å². The lowest BCUT2D eigenvalue weighted by atomic mass is 10.1. The Balaban J connectivity index is 1.73. The molecule has 2 aromatic carbocycles. The summed E-state index contributed by atoms with van der Waals surface area (Å²) in [6.45, 7) is 2.21. The van der Waals surface area contributed by atoms with Crippen LogP contribution in [0.1, 0.15) is 41.2 Å². The van der Waals surface area contributed by atoms with Crippen LogP contribution in [-0.2, 0) is 0 Å². The number of thiazole rings is 1. The summed E-state index contributed by atoms with van der Waals surface area (Å²) < 4.78 is 1.16. The summed E-state index contributed by atoms with van der Waals surface area (Å²) in [4.78, 5) is 29.5. The molecule has 0 saturated carbocycles. The third-order valence-corrected chi connectivity index (χ3v) is 5.87. The van der Waals surface area contributed by atoms with Gasteiger partial charge in [-0.25, -0.2) is 4.98 Å². The second-order valence-corrected chi connectivity index (χ2v) is 7.45. The lowest BCUT2D eigenvalue weighted by molar-refractivity contribution is -0.385. The number of carbonyl (C=O) groups excluding carboxylic acids is 1. The number of Topliss-reactive ketones (excluding diaryl/α,β-unsaturated/α-hetero) is 1. The van der Waals surface area contributed by atoms with Crippen LogP contribution in [0.25, 0.3) is 10.2 Å². The van der Waals surface area contributed by atoms with E-state index < -0.39 is 4.92 Å². The standard InChI is InChI=1S/C19H17N3O3S/c1-12(23)14-11-13(8-9-16(14)22(24)25)21-10-4-6-17(21)19-20-15-5-2-3-7-18(15)26-19/h2-3,5,7-9,11,17H,4,6,10H2,1H3. The molecule has 1 aromatic heterocycles. The van der Waals surface area contributed by atoms with Gasteiger partial charge in [0, 0.05) is 18.3 Å². The molecule has 1 atom stereocenters. The molecule has 2 heterocycles. The number of anilines is 1. The van der Waals surface area contributed by atoms with Crippen molar-refractivity contribution < 1.29 is 9.72 Å². The molecule has 1 fully saturated rings. The van der Waals surface area contributed by atoms with Crippen LogP contribution in [0.3, 0.4) is 0 Å². The number of nitro benzene ring substituents is 1. The van der Waals surface area contributed by atoms with E-state index in [-0.39, 0.29) is 23.1 Å². The zero-order valence-corrected chi connectivity index (χ0v) is 15.0. The molecule has 3 aromatic rings. The number of carbonyl (C=O) groups is 1. The predicted molar refractivity (Wildman–Crippen MR) is 102 cm³/mol. The number of fused-ring (bicyclic) bond motifs is 1. The maximum absolute atomic E-state index is 11.9. The van der Waals surface area contributed by atoms with Gasteiger partial charge in [0.15, 0.2) is 5.78 Å². The van der Waals surface area contributed by atoms with Crippen LogP contribution >= 0.6 is 11.3 Å². The van der Waals surface area contributed by atoms with Gasteiger partial charge in [-0.1, -0.05) is 12.1 Å². The molecule has 1 saturated heterocycles. The number of ketones is 1. The van der Waals surface area contributed by atoms with Crippen molar-refractivity contribution in [3.63, 3.8) is 0 Å². The lowest BCUT2D eigenvalue weighted by Gasteiger charge is -2.25. The van der Waals surface area contributed by atoms with E-state index >= 15 is 0 Å². The fraction of sp³-hybridized carbons (Fsp3) is 0.263. The van der Waals surface area contributed by atoms with Crippen LogP contribution in [-0.4, -0.2) is 22.2 Å². The van der Waals surface area contributed by atoms with Crippen molar-refractivity contribution in [2.24, 2.45) is 0 Å². The normalized spacial score (nSPS) is 17.0. The average molecular weight is 367 g/mol. The first-order valence-corrected chi connectivity index (χ1v) is 9.28. The molecule has 0 amide bonds. The number of rotatable bonds is 4. The van der Waals surface area contributed by atoms with E-state index in [1.165, 1.54) is 13.0 Å². The number of nitro groups is 1. The van der Waals surface area contributed by atoms with E-state index in [1.807, 2.05) is 18.2 Å². The Kier molecular flexibility index (Phi) is 4.16. The molecule has 26 heavy (non-hydrogen) atoms. The number of benzene rings is 2. The van der Waals surface area contributed by atoms with Crippen molar-refractivity contribution >= 4 is 38.7 Å². The number of nitrogens with zero attached hydrogens (tertiary/aromatic N) is 3. The van der Waals surface area contributed by atoms with Crippen LogP contribution < -0.4 is 4.90 Å². The molecule has 1 unspecified atom stereocenters. The highest BCUT2D eigenvalue weighted by atomic mass is 32.1. The average Bonchev–Trinajstić information content (AvgIpc) is 3.27. The summed E-state index contributed by atoms with van der Waals surface area (Å²) in [5.41, 5.74) is 1.84. The first-order chi connectivity index (χ1) is 12.5. The minimum absolute atomic E-state index is 0.133. The SMILES string of the molecule is CC(=O)c1cc(N2CCCC2c2nc3ccccc3s2)ccc1[N+](=O)[O-]. The molecular weight excluding hydrogens is 350 g/mol. The summed E-state index contributed by atoms with van der Waals surface area (Å²) in [5.74, 6) is -0.297. The summed E-state index contributed by atoms with van der Waals surface area (Å²) in [7, 11) is 0. The highest BCUT2D eigenvalue weighted by molar-refractivity contribution is 7.18. The summed E-state index contributed by atoms with van der Waals surface area (Å²) in [6, 6.07) is 13.0. The van der Waals surface area contributed by atoms with Gasteiger partial charge in [0.25, 0.3) is 5.69 Å². The molecule has 132 valence electrons. The highest BCUT2D eigenvalue weighted by Gasteiger charge is 2.30. The van der Waals surface area contributed by atoms with Crippen molar-refractivity contribution in [3.05, 3.63) is 63.1 Å². The zero-order valence-electron chi connectivity index (χ0n) is 14.2. The maximum atomic E-state index is 11.9. The van der Waals surface area contributed by atoms with Crippen molar-refractivity contribution in [2.75, 3.05) is 11.4 Å². The Labute approximate surface area is 154 Å². The van der Waals surface area contributed by atoms with Crippen LogP contribution in [0, 0.1) is 10.1 Å². The number of hydrogen-bond acceptors (Lipinski definition) is 6. The van der Waals surface area contributed by atoms with Crippen LogP contribution in [0.5, 0.6) is 0 Å². The van der Waals surface area contributed by atoms with E-state index in [4.69, 9.17) is 4.98 Å². The first-order valence-electron chi connectivity index (χ1n) is 8.46. The van der Waals surface area contributed by atoms with Gasteiger partial charge < -0.3 is 4.90 Å². The second kappa shape index (κ2) is 6.49. The van der Waals surface area contributed by atoms with E-state index in [0.29, 0.717) is 0 Å². The van der Waals surface area contributed by atoms with Gasteiger partial charge in [0.05, 0.1) is 26.7 Å². The van der Waals surface area contributed by atoms with Gasteiger partial charge in [0.2, 0.25) is 0 Å². The van der Waals surface area contributed by atoms with Crippen molar-refractivity contribution in [1.29, 1.82) is 0 Å². The Morgan fingerprint density at radius 2 is 2.12 bits per heavy atom. The molecule has 0 radical (unpaired) electrons. The molecule has 6 nitrogen and oxygen atoms in total. The Morgan fingerprint density at radius 3 is 2.85 bits per heavy atom. The first kappa shape index (κ1) is 16.7. The molecular formula is C19H17N3O3S. The topological polar surface area (TPSA) is 76.3 Å². The molecule has 4 rings (SSSR count). The van der Waals surface area contributed by atoms with Crippen LogP contribution in [0.15, 0.2) is 42.5 Å². The van der Waals surface area contributed by atoms with Gasteiger partial charge in [-0.05, 0) is 44.0 Å². The van der Waals surface area contributed by atoms with Crippen LogP contribution in [0.4, 0.5) is 11.4 Å². The van der Waals surface area contributed by atoms with E-state index in [1.54, 1.807) is 23.5 Å². The zero-order chi connectivity index (χ0) is 18.3. The van der Waals surface area contributed by atoms with Crippen molar-refractivity contribution in [1.82, 2.24) is 4.98 Å². The smallest absolute Gasteiger partial charge is 0.280 e. The monoisotopic (exact) mass is 367 g/mol. The van der Waals surface area contributed by atoms with E-state index in [9.17, 15) is 14.9 Å². The number of hydrogen-bond donors (Lipinski definition) is 0. The minimum Gasteiger partial charge on any atom is -0.362 e. The summed E-state index contributed by atoms with van der Waals surface area (Å²) in [5, 5.41) is 12.2. The van der Waals surface area contributed by atoms with Crippen LogP contribution in [0.2, 0.25) is 0 Å². The van der Waals surface area contributed by atoms with Gasteiger partial charge in [-0.3, -0.25) is 14.9 Å². The Hall–Kier alpha value is -2.80. The molecule has 0 bridgehead atoms. The van der Waals surface area contributed by atoms with E-state index in [2.05, 4.69) is 11.0 Å². The molecule has 0 aliphatic carbocycles. The fourth-order valence-electron chi connectivity index (χ4n) is 3.51. The highest BCUT2D eigenvalue weighted by Crippen LogP contribution is 2.40. The second-order valence-electron chi connectivity index (χ2n) is 6.39. The molecule has 1 aliphatic rings. The van der Waals surface area contributed by atoms with Crippen molar-refractivity contribution in [2.45, 2.75) is 25.8 Å². The third-order valence-electron chi connectivity index (χ3n) is 4.74. The van der Waals surface area contributed by atoms with Crippen molar-refractivity contribution in [3.8, 4) is 0 Å². The summed E-state index contributed by atoms with van der Waals surface area (Å²) >= 11 is 1.68. The van der Waals surface area contributed by atoms with Gasteiger partial charge in [0.1, 0.15) is 5.01 Å². The lowest BCUT2D eigenvalue weighted by Crippen LogP contribution is -2.22. The largest absolute Gasteiger partial charge is 0.362 e. The maximum Gasteiger partial charge on any atom is 0.280 e. The molecule has 7 heteroatoms. The molecule has 0 N–H and O–H groups in total. The number of para-hydroxylation sites is 1.